The van der Waals surface area contributed by atoms with Crippen LogP contribution >= 0.6 is 0 Å². The van der Waals surface area contributed by atoms with Gasteiger partial charge in [-0.15, -0.1) is 0 Å². The highest BCUT2D eigenvalue weighted by Crippen LogP contribution is 2.38. The monoisotopic (exact) mass is 412 g/mol. The van der Waals surface area contributed by atoms with E-state index in [1.54, 1.807) is 26.2 Å². The Balaban J connectivity index is 1.90. The number of aromatic nitrogens is 3. The first-order valence-electron chi connectivity index (χ1n) is 9.67. The van der Waals surface area contributed by atoms with Crippen molar-refractivity contribution in [3.63, 3.8) is 0 Å². The van der Waals surface area contributed by atoms with Crippen LogP contribution in [0.15, 0.2) is 77.9 Å². The number of benzene rings is 2. The van der Waals surface area contributed by atoms with Gasteiger partial charge in [0.2, 0.25) is 0 Å². The van der Waals surface area contributed by atoms with E-state index in [9.17, 15) is 9.59 Å². The van der Waals surface area contributed by atoms with Gasteiger partial charge in [-0.2, -0.15) is 5.10 Å². The van der Waals surface area contributed by atoms with E-state index in [-0.39, 0.29) is 11.5 Å². The van der Waals surface area contributed by atoms with Crippen LogP contribution in [0.2, 0.25) is 0 Å². The first-order chi connectivity index (χ1) is 15.1. The predicted octanol–water partition coefficient (Wildman–Crippen LogP) is 3.96. The second kappa shape index (κ2) is 8.62. The maximum absolute atomic E-state index is 12.4. The molecule has 0 bridgehead atoms. The highest BCUT2D eigenvalue weighted by molar-refractivity contribution is 5.95. The summed E-state index contributed by atoms with van der Waals surface area (Å²) in [6.07, 6.45) is 3.09. The number of pyridine rings is 1. The summed E-state index contributed by atoms with van der Waals surface area (Å²) in [4.78, 5) is 28.7. The Morgan fingerprint density at radius 2 is 1.77 bits per heavy atom. The fourth-order valence-electron chi connectivity index (χ4n) is 3.30. The zero-order valence-corrected chi connectivity index (χ0v) is 17.0. The summed E-state index contributed by atoms with van der Waals surface area (Å²) in [5.74, 6) is 1.00. The van der Waals surface area contributed by atoms with Gasteiger partial charge in [-0.3, -0.25) is 14.6 Å². The van der Waals surface area contributed by atoms with Crippen LogP contribution in [0.3, 0.4) is 0 Å². The van der Waals surface area contributed by atoms with Gasteiger partial charge in [0.25, 0.3) is 11.5 Å². The topological polar surface area (TPSA) is 97.0 Å². The molecule has 0 aliphatic carbocycles. The van der Waals surface area contributed by atoms with E-state index >= 15 is 0 Å². The minimum atomic E-state index is -0.314. The van der Waals surface area contributed by atoms with Crippen molar-refractivity contribution in [3.8, 4) is 33.9 Å². The van der Waals surface area contributed by atoms with Gasteiger partial charge >= 0.3 is 0 Å². The van der Waals surface area contributed by atoms with Crippen molar-refractivity contribution < 1.29 is 9.53 Å². The Hall–Kier alpha value is -4.26. The molecule has 4 rings (SSSR count). The summed E-state index contributed by atoms with van der Waals surface area (Å²) >= 11 is 0. The molecule has 2 heterocycles. The Kier molecular flexibility index (Phi) is 5.57. The van der Waals surface area contributed by atoms with Gasteiger partial charge in [0.1, 0.15) is 17.2 Å². The van der Waals surface area contributed by atoms with Gasteiger partial charge in [-0.25, -0.2) is 5.10 Å². The molecule has 0 unspecified atom stereocenters. The first kappa shape index (κ1) is 20.0. The van der Waals surface area contributed by atoms with Crippen molar-refractivity contribution in [2.45, 2.75) is 6.92 Å². The van der Waals surface area contributed by atoms with E-state index < -0.39 is 0 Å². The van der Waals surface area contributed by atoms with Crippen LogP contribution < -0.4 is 15.6 Å². The molecular formula is C24H20N4O3. The number of hydrogen-bond donors (Lipinski definition) is 2. The second-order valence-electron chi connectivity index (χ2n) is 6.85. The molecule has 1 amide bonds. The zero-order valence-electron chi connectivity index (χ0n) is 17.0. The van der Waals surface area contributed by atoms with Gasteiger partial charge in [0.15, 0.2) is 0 Å². The molecule has 4 aromatic rings. The fourth-order valence-corrected chi connectivity index (χ4v) is 3.30. The van der Waals surface area contributed by atoms with Gasteiger partial charge in [-0.1, -0.05) is 30.3 Å². The summed E-state index contributed by atoms with van der Waals surface area (Å²) in [6.45, 7) is 1.71. The molecular weight excluding hydrogens is 392 g/mol. The molecule has 0 fully saturated rings. The van der Waals surface area contributed by atoms with Crippen LogP contribution in [0.4, 0.5) is 0 Å². The molecule has 2 aromatic heterocycles. The number of hydrogen-bond acceptors (Lipinski definition) is 5. The van der Waals surface area contributed by atoms with Crippen LogP contribution in [0, 0.1) is 6.92 Å². The molecule has 0 saturated heterocycles. The smallest absolute Gasteiger partial charge is 0.267 e. The summed E-state index contributed by atoms with van der Waals surface area (Å²) in [6, 6.07) is 18.6. The molecule has 0 saturated carbocycles. The van der Waals surface area contributed by atoms with E-state index in [0.29, 0.717) is 45.0 Å². The van der Waals surface area contributed by atoms with Crippen molar-refractivity contribution in [1.29, 1.82) is 0 Å². The van der Waals surface area contributed by atoms with Crippen molar-refractivity contribution >= 4 is 5.91 Å². The lowest BCUT2D eigenvalue weighted by atomic mass is 9.96. The van der Waals surface area contributed by atoms with E-state index in [4.69, 9.17) is 4.74 Å². The third kappa shape index (κ3) is 4.06. The van der Waals surface area contributed by atoms with Crippen LogP contribution in [0.1, 0.15) is 15.9 Å². The predicted molar refractivity (Wildman–Crippen MR) is 118 cm³/mol. The van der Waals surface area contributed by atoms with Gasteiger partial charge in [0, 0.05) is 41.7 Å². The molecule has 2 aromatic carbocycles. The molecule has 7 nitrogen and oxygen atoms in total. The summed E-state index contributed by atoms with van der Waals surface area (Å²) in [5.41, 5.74) is 2.97. The molecule has 0 radical (unpaired) electrons. The van der Waals surface area contributed by atoms with Crippen LogP contribution in [0.5, 0.6) is 11.5 Å². The quantitative estimate of drug-likeness (QED) is 0.517. The van der Waals surface area contributed by atoms with E-state index in [1.165, 1.54) is 6.20 Å². The molecule has 154 valence electrons. The van der Waals surface area contributed by atoms with Crippen molar-refractivity contribution in [3.05, 3.63) is 94.5 Å². The third-order valence-electron chi connectivity index (χ3n) is 4.85. The fraction of sp³-hybridized carbons (Fsp3) is 0.0833. The lowest BCUT2D eigenvalue weighted by molar-refractivity contribution is 0.0962. The molecule has 0 aliphatic heterocycles. The molecule has 7 heteroatoms. The Morgan fingerprint density at radius 3 is 2.55 bits per heavy atom. The average molecular weight is 412 g/mol. The maximum atomic E-state index is 12.4. The van der Waals surface area contributed by atoms with E-state index in [1.807, 2.05) is 54.6 Å². The van der Waals surface area contributed by atoms with Crippen molar-refractivity contribution in [2.75, 3.05) is 7.05 Å². The number of nitrogens with zero attached hydrogens (tertiary/aromatic N) is 2. The number of nitrogens with one attached hydrogen (secondary N) is 2. The SMILES string of the molecule is CNC(=O)c1cncc(-c2c(-c3ccccc3Oc3ccccc3)n[nH]c(=O)c2C)c1. The summed E-state index contributed by atoms with van der Waals surface area (Å²) in [5, 5.41) is 9.48. The van der Waals surface area contributed by atoms with Gasteiger partial charge < -0.3 is 10.1 Å². The maximum Gasteiger partial charge on any atom is 0.267 e. The lowest BCUT2D eigenvalue weighted by Gasteiger charge is -2.15. The Bertz CT molecular complexity index is 1300. The van der Waals surface area contributed by atoms with Gasteiger partial charge in [0.05, 0.1) is 5.56 Å². The highest BCUT2D eigenvalue weighted by atomic mass is 16.5. The van der Waals surface area contributed by atoms with Crippen molar-refractivity contribution in [1.82, 2.24) is 20.5 Å². The normalized spacial score (nSPS) is 10.5. The number of rotatable bonds is 5. The summed E-state index contributed by atoms with van der Waals surface area (Å²) in [7, 11) is 1.55. The molecule has 31 heavy (non-hydrogen) atoms. The molecule has 2 N–H and O–H groups in total. The minimum Gasteiger partial charge on any atom is -0.457 e. The molecule has 0 spiro atoms. The van der Waals surface area contributed by atoms with Crippen LogP contribution in [0.25, 0.3) is 22.4 Å². The number of carbonyl (C=O) groups is 1. The Labute approximate surface area is 178 Å². The van der Waals surface area contributed by atoms with E-state index in [2.05, 4.69) is 20.5 Å². The first-order valence-corrected chi connectivity index (χ1v) is 9.67. The lowest BCUT2D eigenvalue weighted by Crippen LogP contribution is -2.18. The summed E-state index contributed by atoms with van der Waals surface area (Å²) < 4.78 is 6.09. The van der Waals surface area contributed by atoms with Crippen LogP contribution in [-0.4, -0.2) is 28.1 Å². The zero-order chi connectivity index (χ0) is 21.8. The second-order valence-corrected chi connectivity index (χ2v) is 6.85. The standard InChI is InChI=1S/C24H20N4O3/c1-15-21(16-12-17(14-26-13-16)24(30)25-2)22(27-28-23(15)29)19-10-6-7-11-20(19)31-18-8-4-3-5-9-18/h3-14H,1-2H3,(H,25,30)(H,28,29). The highest BCUT2D eigenvalue weighted by Gasteiger charge is 2.19. The molecule has 0 atom stereocenters. The number of aromatic amines is 1. The third-order valence-corrected chi connectivity index (χ3v) is 4.85. The number of ether oxygens (including phenoxy) is 1. The number of H-pyrrole nitrogens is 1. The van der Waals surface area contributed by atoms with Crippen LogP contribution in [-0.2, 0) is 0 Å². The largest absolute Gasteiger partial charge is 0.457 e. The number of carbonyl (C=O) groups excluding carboxylic acids is 1. The van der Waals surface area contributed by atoms with E-state index in [0.717, 1.165) is 0 Å². The average Bonchev–Trinajstić information content (AvgIpc) is 2.81. The Morgan fingerprint density at radius 1 is 1.03 bits per heavy atom. The van der Waals surface area contributed by atoms with Crippen molar-refractivity contribution in [2.24, 2.45) is 0 Å². The minimum absolute atomic E-state index is 0.265. The van der Waals surface area contributed by atoms with Gasteiger partial charge in [-0.05, 0) is 37.3 Å². The number of amides is 1. The number of para-hydroxylation sites is 2. The molecule has 0 aliphatic rings.